The second-order valence-electron chi connectivity index (χ2n) is 4.96. The number of ether oxygens (including phenoxy) is 1. The van der Waals surface area contributed by atoms with E-state index in [9.17, 15) is 18.3 Å². The minimum atomic E-state index is -4.48. The highest BCUT2D eigenvalue weighted by molar-refractivity contribution is 6.32. The van der Waals surface area contributed by atoms with Crippen LogP contribution in [0.1, 0.15) is 24.5 Å². The number of benzene rings is 2. The third kappa shape index (κ3) is 4.41. The summed E-state index contributed by atoms with van der Waals surface area (Å²) in [5, 5.41) is 9.97. The molecule has 0 aliphatic rings. The van der Waals surface area contributed by atoms with Gasteiger partial charge >= 0.3 is 6.18 Å². The Morgan fingerprint density at radius 2 is 2.00 bits per heavy atom. The fourth-order valence-corrected chi connectivity index (χ4v) is 2.09. The van der Waals surface area contributed by atoms with Crippen LogP contribution in [-0.4, -0.2) is 17.9 Å². The summed E-state index contributed by atoms with van der Waals surface area (Å²) in [5.74, 6) is 0.0496. The van der Waals surface area contributed by atoms with E-state index in [1.807, 2.05) is 6.92 Å². The van der Waals surface area contributed by atoms with Gasteiger partial charge in [-0.2, -0.15) is 13.2 Å². The summed E-state index contributed by atoms with van der Waals surface area (Å²) in [7, 11) is 0. The summed E-state index contributed by atoms with van der Waals surface area (Å²) < 4.78 is 44.1. The summed E-state index contributed by atoms with van der Waals surface area (Å²) in [6.07, 6.45) is -2.53. The summed E-state index contributed by atoms with van der Waals surface area (Å²) in [6.45, 7) is 2.24. The van der Waals surface area contributed by atoms with E-state index in [-0.39, 0.29) is 22.2 Å². The summed E-state index contributed by atoms with van der Waals surface area (Å²) >= 11 is 5.80. The molecule has 0 amide bonds. The molecule has 0 spiro atoms. The SMILES string of the molecule is CCCOc1ccc(C(F)(F)F)cc1N=Cc1cccc(Cl)c1O. The van der Waals surface area contributed by atoms with Gasteiger partial charge in [-0.15, -0.1) is 0 Å². The van der Waals surface area contributed by atoms with Crippen molar-refractivity contribution in [1.82, 2.24) is 0 Å². The van der Waals surface area contributed by atoms with E-state index in [2.05, 4.69) is 4.99 Å². The zero-order valence-corrected chi connectivity index (χ0v) is 13.5. The van der Waals surface area contributed by atoms with Crippen molar-refractivity contribution in [2.75, 3.05) is 6.61 Å². The molecule has 0 unspecified atom stereocenters. The Kier molecular flexibility index (Phi) is 5.72. The van der Waals surface area contributed by atoms with E-state index in [1.54, 1.807) is 12.1 Å². The average Bonchev–Trinajstić information content (AvgIpc) is 2.53. The first-order valence-electron chi connectivity index (χ1n) is 7.18. The standard InChI is InChI=1S/C17H15ClF3NO2/c1-2-8-24-15-7-6-12(17(19,20)21)9-14(15)22-10-11-4-3-5-13(18)16(11)23/h3-7,9-10,23H,2,8H2,1H3. The lowest BCUT2D eigenvalue weighted by atomic mass is 10.1. The van der Waals surface area contributed by atoms with Crippen LogP contribution >= 0.6 is 11.6 Å². The number of aromatic hydroxyl groups is 1. The lowest BCUT2D eigenvalue weighted by molar-refractivity contribution is -0.137. The summed E-state index contributed by atoms with van der Waals surface area (Å²) in [6, 6.07) is 7.73. The molecule has 0 radical (unpaired) electrons. The number of phenolic OH excluding ortho intramolecular Hbond substituents is 1. The zero-order chi connectivity index (χ0) is 17.7. The smallest absolute Gasteiger partial charge is 0.416 e. The van der Waals surface area contributed by atoms with Crippen LogP contribution < -0.4 is 4.74 Å². The maximum atomic E-state index is 12.9. The maximum absolute atomic E-state index is 12.9. The summed E-state index contributed by atoms with van der Waals surface area (Å²) in [5.41, 5.74) is -0.507. The molecule has 0 fully saturated rings. The third-order valence-electron chi connectivity index (χ3n) is 3.11. The second-order valence-corrected chi connectivity index (χ2v) is 5.37. The maximum Gasteiger partial charge on any atom is 0.416 e. The molecule has 2 aromatic rings. The van der Waals surface area contributed by atoms with Crippen LogP contribution in [0.5, 0.6) is 11.5 Å². The lowest BCUT2D eigenvalue weighted by Crippen LogP contribution is -2.05. The molecule has 3 nitrogen and oxygen atoms in total. The molecular formula is C17H15ClF3NO2. The topological polar surface area (TPSA) is 41.8 Å². The van der Waals surface area contributed by atoms with Gasteiger partial charge in [-0.05, 0) is 36.8 Å². The molecule has 2 rings (SSSR count). The van der Waals surface area contributed by atoms with E-state index in [0.717, 1.165) is 12.1 Å². The highest BCUT2D eigenvalue weighted by Gasteiger charge is 2.31. The molecule has 0 aliphatic carbocycles. The number of nitrogens with zero attached hydrogens (tertiary/aromatic N) is 1. The normalized spacial score (nSPS) is 11.9. The van der Waals surface area contributed by atoms with Crippen LogP contribution in [0.3, 0.4) is 0 Å². The number of rotatable bonds is 5. The Balaban J connectivity index is 2.41. The number of aliphatic imine (C=N–C) groups is 1. The molecule has 128 valence electrons. The largest absolute Gasteiger partial charge is 0.506 e. The van der Waals surface area contributed by atoms with Crippen molar-refractivity contribution in [2.45, 2.75) is 19.5 Å². The number of hydrogen-bond donors (Lipinski definition) is 1. The van der Waals surface area contributed by atoms with Crippen LogP contribution in [0.4, 0.5) is 18.9 Å². The van der Waals surface area contributed by atoms with Crippen LogP contribution in [0, 0.1) is 0 Å². The number of para-hydroxylation sites is 1. The molecule has 0 saturated carbocycles. The predicted octanol–water partition coefficient (Wildman–Crippen LogP) is 5.60. The van der Waals surface area contributed by atoms with E-state index < -0.39 is 11.7 Å². The predicted molar refractivity (Wildman–Crippen MR) is 87.6 cm³/mol. The van der Waals surface area contributed by atoms with Crippen molar-refractivity contribution in [1.29, 1.82) is 0 Å². The van der Waals surface area contributed by atoms with Crippen molar-refractivity contribution in [3.8, 4) is 11.5 Å². The first-order valence-corrected chi connectivity index (χ1v) is 7.56. The lowest BCUT2D eigenvalue weighted by Gasteiger charge is -2.12. The first kappa shape index (κ1) is 18.1. The molecule has 0 aliphatic heterocycles. The van der Waals surface area contributed by atoms with E-state index >= 15 is 0 Å². The Bertz CT molecular complexity index is 745. The molecule has 2 aromatic carbocycles. The minimum absolute atomic E-state index is 0.0256. The molecule has 0 bridgehead atoms. The van der Waals surface area contributed by atoms with Gasteiger partial charge in [0.25, 0.3) is 0 Å². The van der Waals surface area contributed by atoms with Gasteiger partial charge < -0.3 is 9.84 Å². The Labute approximate surface area is 142 Å². The number of hydrogen-bond acceptors (Lipinski definition) is 3. The van der Waals surface area contributed by atoms with Crippen LogP contribution in [0.25, 0.3) is 0 Å². The molecule has 0 atom stereocenters. The number of phenols is 1. The van der Waals surface area contributed by atoms with Crippen molar-refractivity contribution in [2.24, 2.45) is 4.99 Å². The molecule has 24 heavy (non-hydrogen) atoms. The zero-order valence-electron chi connectivity index (χ0n) is 12.8. The Hall–Kier alpha value is -2.21. The second kappa shape index (κ2) is 7.57. The highest BCUT2D eigenvalue weighted by Crippen LogP contribution is 2.37. The average molecular weight is 358 g/mol. The fraction of sp³-hybridized carbons (Fsp3) is 0.235. The Morgan fingerprint density at radius 1 is 1.25 bits per heavy atom. The first-order chi connectivity index (χ1) is 11.3. The summed E-state index contributed by atoms with van der Waals surface area (Å²) in [4.78, 5) is 4.04. The third-order valence-corrected chi connectivity index (χ3v) is 3.41. The van der Waals surface area contributed by atoms with Gasteiger partial charge in [0.2, 0.25) is 0 Å². The van der Waals surface area contributed by atoms with E-state index in [4.69, 9.17) is 16.3 Å². The van der Waals surface area contributed by atoms with Crippen LogP contribution in [0.15, 0.2) is 41.4 Å². The number of alkyl halides is 3. The monoisotopic (exact) mass is 357 g/mol. The molecule has 7 heteroatoms. The van der Waals surface area contributed by atoms with Gasteiger partial charge in [0.1, 0.15) is 17.2 Å². The highest BCUT2D eigenvalue weighted by atomic mass is 35.5. The minimum Gasteiger partial charge on any atom is -0.506 e. The van der Waals surface area contributed by atoms with E-state index in [1.165, 1.54) is 18.3 Å². The molecule has 0 heterocycles. The molecule has 1 N–H and O–H groups in total. The van der Waals surface area contributed by atoms with Crippen molar-refractivity contribution >= 4 is 23.5 Å². The Morgan fingerprint density at radius 3 is 2.67 bits per heavy atom. The number of halogens is 4. The fourth-order valence-electron chi connectivity index (χ4n) is 1.90. The van der Waals surface area contributed by atoms with Gasteiger partial charge in [0.05, 0.1) is 17.2 Å². The molecule has 0 saturated heterocycles. The van der Waals surface area contributed by atoms with E-state index in [0.29, 0.717) is 18.6 Å². The van der Waals surface area contributed by atoms with Gasteiger partial charge in [-0.3, -0.25) is 4.99 Å². The van der Waals surface area contributed by atoms with Crippen LogP contribution in [-0.2, 0) is 6.18 Å². The van der Waals surface area contributed by atoms with Crippen molar-refractivity contribution in [3.05, 3.63) is 52.5 Å². The van der Waals surface area contributed by atoms with Gasteiger partial charge in [0, 0.05) is 11.8 Å². The van der Waals surface area contributed by atoms with Gasteiger partial charge in [-0.25, -0.2) is 0 Å². The molecule has 0 aromatic heterocycles. The van der Waals surface area contributed by atoms with Crippen molar-refractivity contribution < 1.29 is 23.0 Å². The van der Waals surface area contributed by atoms with Gasteiger partial charge in [-0.1, -0.05) is 24.6 Å². The van der Waals surface area contributed by atoms with Gasteiger partial charge in [0.15, 0.2) is 0 Å². The van der Waals surface area contributed by atoms with Crippen LogP contribution in [0.2, 0.25) is 5.02 Å². The quantitative estimate of drug-likeness (QED) is 0.707. The van der Waals surface area contributed by atoms with Crippen molar-refractivity contribution in [3.63, 3.8) is 0 Å². The molecular weight excluding hydrogens is 343 g/mol.